The quantitative estimate of drug-likeness (QED) is 0.385. The molecule has 1 heteroatoms. The molecule has 162 valence electrons. The van der Waals surface area contributed by atoms with Gasteiger partial charge in [-0.3, -0.25) is 0 Å². The van der Waals surface area contributed by atoms with Crippen molar-refractivity contribution in [1.29, 1.82) is 0 Å². The lowest BCUT2D eigenvalue weighted by Gasteiger charge is -2.37. The van der Waals surface area contributed by atoms with Crippen molar-refractivity contribution >= 4 is 11.1 Å². The summed E-state index contributed by atoms with van der Waals surface area (Å²) < 4.78 is 2.56. The van der Waals surface area contributed by atoms with Crippen molar-refractivity contribution in [2.45, 2.75) is 65.3 Å². The third-order valence-electron chi connectivity index (χ3n) is 8.26. The lowest BCUT2D eigenvalue weighted by Crippen LogP contribution is -2.61. The number of fused-ring (bicyclic) bond motifs is 4. The average molecular weight is 421 g/mol. The lowest BCUT2D eigenvalue weighted by molar-refractivity contribution is -0.758. The zero-order chi connectivity index (χ0) is 22.8. The van der Waals surface area contributed by atoms with Gasteiger partial charge >= 0.3 is 0 Å². The minimum atomic E-state index is -0.116. The fraction of sp³-hybridized carbons (Fsp3) is 0.323. The van der Waals surface area contributed by atoms with Crippen molar-refractivity contribution in [3.05, 3.63) is 101 Å². The minimum absolute atomic E-state index is 0.0598. The average Bonchev–Trinajstić information content (AvgIpc) is 3.02. The van der Waals surface area contributed by atoms with E-state index in [0.29, 0.717) is 0 Å². The van der Waals surface area contributed by atoms with Crippen LogP contribution in [0.15, 0.2) is 72.9 Å². The molecule has 0 spiro atoms. The first kappa shape index (κ1) is 20.9. The van der Waals surface area contributed by atoms with Gasteiger partial charge in [0.25, 0.3) is 0 Å². The first-order valence-corrected chi connectivity index (χ1v) is 11.9. The van der Waals surface area contributed by atoms with E-state index >= 15 is 0 Å². The molecule has 0 bridgehead atoms. The molecule has 5 rings (SSSR count). The van der Waals surface area contributed by atoms with Gasteiger partial charge in [-0.2, -0.15) is 4.57 Å². The van der Waals surface area contributed by atoms with Crippen molar-refractivity contribution < 1.29 is 4.57 Å². The normalized spacial score (nSPS) is 17.8. The zero-order valence-corrected chi connectivity index (χ0v) is 20.3. The zero-order valence-electron chi connectivity index (χ0n) is 20.3. The van der Waals surface area contributed by atoms with Crippen LogP contribution in [-0.2, 0) is 11.0 Å². The van der Waals surface area contributed by atoms with Crippen LogP contribution in [0.1, 0.15) is 68.5 Å². The highest BCUT2D eigenvalue weighted by Gasteiger charge is 2.54. The lowest BCUT2D eigenvalue weighted by atomic mass is 9.72. The molecule has 0 atom stereocenters. The predicted octanol–water partition coefficient (Wildman–Crippen LogP) is 7.55. The van der Waals surface area contributed by atoms with Crippen LogP contribution in [0.3, 0.4) is 0 Å². The maximum absolute atomic E-state index is 4.79. The van der Waals surface area contributed by atoms with Crippen molar-refractivity contribution in [3.63, 3.8) is 0 Å². The molecule has 0 saturated carbocycles. The summed E-state index contributed by atoms with van der Waals surface area (Å²) >= 11 is 0. The number of rotatable bonds is 3. The number of hydrogen-bond acceptors (Lipinski definition) is 0. The molecule has 1 nitrogen and oxygen atoms in total. The fourth-order valence-electron chi connectivity index (χ4n) is 6.14. The van der Waals surface area contributed by atoms with Gasteiger partial charge in [0, 0.05) is 46.6 Å². The summed E-state index contributed by atoms with van der Waals surface area (Å²) in [6.45, 7) is 18.7. The maximum Gasteiger partial charge on any atom is 0.210 e. The van der Waals surface area contributed by atoms with Gasteiger partial charge in [-0.1, -0.05) is 76.7 Å². The molecule has 0 radical (unpaired) electrons. The Balaban J connectivity index is 1.85. The number of allylic oxidation sites excluding steroid dienone is 3. The number of aryl methyl sites for hydroxylation is 2. The molecule has 2 heterocycles. The minimum Gasteiger partial charge on any atom is -0.188 e. The summed E-state index contributed by atoms with van der Waals surface area (Å²) in [5.41, 5.74) is 13.3. The molecule has 0 fully saturated rings. The molecule has 1 aliphatic heterocycles. The maximum atomic E-state index is 4.79. The highest BCUT2D eigenvalue weighted by atomic mass is 15.1. The summed E-state index contributed by atoms with van der Waals surface area (Å²) in [5, 5.41) is 0. The SMILES string of the molecule is C=C1C2=C(c3ccc(-c4ccccc4)c[n+]3C1(CC)CC)C(C)(C)c1cc(C)c(C)cc12. The molecule has 0 unspecified atom stereocenters. The van der Waals surface area contributed by atoms with Gasteiger partial charge in [-0.25, -0.2) is 0 Å². The van der Waals surface area contributed by atoms with E-state index in [0.717, 1.165) is 12.8 Å². The van der Waals surface area contributed by atoms with E-state index in [1.807, 2.05) is 0 Å². The molecular weight excluding hydrogens is 386 g/mol. The molecule has 0 saturated heterocycles. The number of hydrogen-bond donors (Lipinski definition) is 0. The van der Waals surface area contributed by atoms with Gasteiger partial charge < -0.3 is 0 Å². The second kappa shape index (κ2) is 7.04. The van der Waals surface area contributed by atoms with Gasteiger partial charge in [0.2, 0.25) is 5.69 Å². The molecular formula is C31H34N+. The van der Waals surface area contributed by atoms with Crippen LogP contribution >= 0.6 is 0 Å². The van der Waals surface area contributed by atoms with Gasteiger partial charge in [0.1, 0.15) is 0 Å². The van der Waals surface area contributed by atoms with Crippen molar-refractivity contribution in [1.82, 2.24) is 0 Å². The van der Waals surface area contributed by atoms with Crippen molar-refractivity contribution in [2.75, 3.05) is 0 Å². The molecule has 2 aromatic carbocycles. The summed E-state index contributed by atoms with van der Waals surface area (Å²) in [7, 11) is 0. The predicted molar refractivity (Wildman–Crippen MR) is 136 cm³/mol. The Labute approximate surface area is 193 Å². The largest absolute Gasteiger partial charge is 0.210 e. The van der Waals surface area contributed by atoms with E-state index in [4.69, 9.17) is 6.58 Å². The van der Waals surface area contributed by atoms with E-state index in [1.54, 1.807) is 0 Å². The van der Waals surface area contributed by atoms with Crippen molar-refractivity contribution in [2.24, 2.45) is 0 Å². The monoisotopic (exact) mass is 420 g/mol. The molecule has 0 amide bonds. The van der Waals surface area contributed by atoms with Crippen molar-refractivity contribution in [3.8, 4) is 11.1 Å². The standard InChI is InChI=1S/C31H34N/c1-8-31(9-2)22(5)28-25-17-20(3)21(4)18-26(25)30(6,7)29(28)27-16-15-24(19-32(27)31)23-13-11-10-12-14-23/h10-19H,5,8-9H2,1-4,6-7H3/q+1. The molecule has 2 aliphatic rings. The molecule has 0 N–H and O–H groups in total. The summed E-state index contributed by atoms with van der Waals surface area (Å²) in [6, 6.07) is 20.2. The first-order valence-electron chi connectivity index (χ1n) is 11.9. The first-order chi connectivity index (χ1) is 15.3. The van der Waals surface area contributed by atoms with Crippen LogP contribution < -0.4 is 4.57 Å². The molecule has 32 heavy (non-hydrogen) atoms. The Bertz CT molecular complexity index is 1280. The summed E-state index contributed by atoms with van der Waals surface area (Å²) in [5.74, 6) is 0. The topological polar surface area (TPSA) is 3.88 Å². The van der Waals surface area contributed by atoms with Crippen LogP contribution in [-0.4, -0.2) is 0 Å². The van der Waals surface area contributed by atoms with Crippen LogP contribution in [0.2, 0.25) is 0 Å². The van der Waals surface area contributed by atoms with Gasteiger partial charge in [0.15, 0.2) is 11.7 Å². The van der Waals surface area contributed by atoms with E-state index in [-0.39, 0.29) is 11.0 Å². The fourth-order valence-corrected chi connectivity index (χ4v) is 6.14. The number of nitrogens with zero attached hydrogens (tertiary/aromatic N) is 1. The number of benzene rings is 2. The van der Waals surface area contributed by atoms with Gasteiger partial charge in [-0.15, -0.1) is 0 Å². The second-order valence-corrected chi connectivity index (χ2v) is 10.1. The second-order valence-electron chi connectivity index (χ2n) is 10.1. The number of aromatic nitrogens is 1. The molecule has 1 aromatic heterocycles. The third-order valence-corrected chi connectivity index (χ3v) is 8.26. The smallest absolute Gasteiger partial charge is 0.188 e. The van der Waals surface area contributed by atoms with Crippen LogP contribution in [0, 0.1) is 13.8 Å². The van der Waals surface area contributed by atoms with Crippen LogP contribution in [0.5, 0.6) is 0 Å². The van der Waals surface area contributed by atoms with E-state index < -0.39 is 0 Å². The summed E-state index contributed by atoms with van der Waals surface area (Å²) in [4.78, 5) is 0. The van der Waals surface area contributed by atoms with Crippen LogP contribution in [0.4, 0.5) is 0 Å². The Morgan fingerprint density at radius 1 is 0.844 bits per heavy atom. The van der Waals surface area contributed by atoms with Crippen LogP contribution in [0.25, 0.3) is 22.3 Å². The Kier molecular flexibility index (Phi) is 4.60. The Hall–Kier alpha value is -2.93. The third kappa shape index (κ3) is 2.60. The van der Waals surface area contributed by atoms with Gasteiger partial charge in [0.05, 0.1) is 0 Å². The van der Waals surface area contributed by atoms with E-state index in [9.17, 15) is 0 Å². The van der Waals surface area contributed by atoms with Gasteiger partial charge in [-0.05, 0) is 47.7 Å². The molecule has 1 aliphatic carbocycles. The molecule has 3 aromatic rings. The number of pyridine rings is 1. The Morgan fingerprint density at radius 3 is 2.16 bits per heavy atom. The highest BCUT2D eigenvalue weighted by molar-refractivity contribution is 6.07. The van der Waals surface area contributed by atoms with E-state index in [1.165, 1.54) is 55.8 Å². The Morgan fingerprint density at radius 2 is 1.50 bits per heavy atom. The van der Waals surface area contributed by atoms with E-state index in [2.05, 4.69) is 107 Å². The highest BCUT2D eigenvalue weighted by Crippen LogP contribution is 2.57. The summed E-state index contributed by atoms with van der Waals surface area (Å²) in [6.07, 6.45) is 4.42.